The number of benzene rings is 2. The summed E-state index contributed by atoms with van der Waals surface area (Å²) in [6.07, 6.45) is 2.52. The van der Waals surface area contributed by atoms with E-state index in [4.69, 9.17) is 5.73 Å². The van der Waals surface area contributed by atoms with Gasteiger partial charge in [0.2, 0.25) is 0 Å². The van der Waals surface area contributed by atoms with Crippen LogP contribution in [0, 0.1) is 0 Å². The normalized spacial score (nSPS) is 12.1. The number of rotatable bonds is 5. The van der Waals surface area contributed by atoms with Gasteiger partial charge in [-0.25, -0.2) is 9.97 Å². The molecule has 4 N–H and O–H groups in total. The van der Waals surface area contributed by atoms with E-state index in [1.165, 1.54) is 11.7 Å². The summed E-state index contributed by atoms with van der Waals surface area (Å²) in [4.78, 5) is 8.53. The van der Waals surface area contributed by atoms with E-state index >= 15 is 0 Å². The van der Waals surface area contributed by atoms with E-state index in [1.807, 2.05) is 24.3 Å². The molecule has 5 nitrogen and oxygen atoms in total. The number of fused-ring (bicyclic) bond motifs is 1. The molecule has 0 saturated carbocycles. The van der Waals surface area contributed by atoms with Crippen LogP contribution < -0.4 is 16.4 Å². The summed E-state index contributed by atoms with van der Waals surface area (Å²) in [5.74, 6) is 1.28. The topological polar surface area (TPSA) is 75.9 Å². The van der Waals surface area contributed by atoms with E-state index in [9.17, 15) is 0 Å². The molecule has 1 aromatic heterocycles. The largest absolute Gasteiger partial charge is 0.393 e. The maximum Gasteiger partial charge on any atom is 0.159 e. The molecule has 0 aliphatic rings. The number of hydrogen-bond acceptors (Lipinski definition) is 5. The lowest BCUT2D eigenvalue weighted by atomic mass is 10.1. The fraction of sp³-hybridized carbons (Fsp3) is 0.222. The molecule has 0 aliphatic heterocycles. The van der Waals surface area contributed by atoms with Gasteiger partial charge in [-0.1, -0.05) is 43.3 Å². The van der Waals surface area contributed by atoms with E-state index in [2.05, 4.69) is 52.6 Å². The highest BCUT2D eigenvalue weighted by Crippen LogP contribution is 2.30. The average Bonchev–Trinajstić information content (AvgIpc) is 2.58. The van der Waals surface area contributed by atoms with Gasteiger partial charge >= 0.3 is 0 Å². The molecule has 23 heavy (non-hydrogen) atoms. The first-order chi connectivity index (χ1) is 11.2. The zero-order valence-corrected chi connectivity index (χ0v) is 13.4. The van der Waals surface area contributed by atoms with E-state index in [1.54, 1.807) is 0 Å². The van der Waals surface area contributed by atoms with Crippen LogP contribution in [0.5, 0.6) is 0 Å². The van der Waals surface area contributed by atoms with Crippen LogP contribution >= 0.6 is 0 Å². The molecule has 3 aromatic rings. The average molecular weight is 307 g/mol. The molecule has 0 aliphatic carbocycles. The molecule has 3 rings (SSSR count). The lowest BCUT2D eigenvalue weighted by Gasteiger charge is -2.16. The molecule has 0 bridgehead atoms. The molecule has 2 aromatic carbocycles. The minimum absolute atomic E-state index is 0.303. The molecule has 1 heterocycles. The summed E-state index contributed by atoms with van der Waals surface area (Å²) >= 11 is 0. The summed E-state index contributed by atoms with van der Waals surface area (Å²) in [5.41, 5.74) is 7.73. The lowest BCUT2D eigenvalue weighted by molar-refractivity contribution is 0.759. The maximum atomic E-state index is 6.23. The van der Waals surface area contributed by atoms with Gasteiger partial charge in [0.1, 0.15) is 12.0 Å². The standard InChI is InChI=1S/C18H21N5/c1-3-12(2)22-17-16(19)18(21-11-20-17)23-15-10-6-8-13-7-4-5-9-14(13)15/h4-12H,3,19H2,1-2H3,(H2,20,21,22,23). The Labute approximate surface area is 136 Å². The molecule has 5 heteroatoms. The first-order valence-electron chi connectivity index (χ1n) is 7.81. The molecule has 1 atom stereocenters. The fourth-order valence-corrected chi connectivity index (χ4v) is 2.41. The van der Waals surface area contributed by atoms with Crippen LogP contribution in [0.15, 0.2) is 48.8 Å². The van der Waals surface area contributed by atoms with E-state index in [0.29, 0.717) is 23.4 Å². The van der Waals surface area contributed by atoms with Gasteiger partial charge in [0, 0.05) is 17.1 Å². The Morgan fingerprint density at radius 3 is 2.61 bits per heavy atom. The van der Waals surface area contributed by atoms with Crippen molar-refractivity contribution in [2.24, 2.45) is 0 Å². The van der Waals surface area contributed by atoms with Gasteiger partial charge in [0.25, 0.3) is 0 Å². The quantitative estimate of drug-likeness (QED) is 0.659. The Bertz CT molecular complexity index is 810. The molecule has 0 fully saturated rings. The number of nitrogen functional groups attached to an aromatic ring is 1. The molecule has 118 valence electrons. The molecule has 1 unspecified atom stereocenters. The molecular weight excluding hydrogens is 286 g/mol. The van der Waals surface area contributed by atoms with E-state index in [-0.39, 0.29) is 0 Å². The predicted octanol–water partition coefficient (Wildman–Crippen LogP) is 4.17. The monoisotopic (exact) mass is 307 g/mol. The third-order valence-electron chi connectivity index (χ3n) is 3.92. The highest BCUT2D eigenvalue weighted by molar-refractivity contribution is 5.96. The van der Waals surface area contributed by atoms with Gasteiger partial charge in [-0.3, -0.25) is 0 Å². The summed E-state index contributed by atoms with van der Waals surface area (Å²) in [5, 5.41) is 8.94. The van der Waals surface area contributed by atoms with Crippen LogP contribution in [0.3, 0.4) is 0 Å². The Kier molecular flexibility index (Phi) is 4.28. The smallest absolute Gasteiger partial charge is 0.159 e. The van der Waals surface area contributed by atoms with Crippen molar-refractivity contribution in [3.63, 3.8) is 0 Å². The fourth-order valence-electron chi connectivity index (χ4n) is 2.41. The first-order valence-corrected chi connectivity index (χ1v) is 7.81. The van der Waals surface area contributed by atoms with Crippen LogP contribution in [0.4, 0.5) is 23.0 Å². The van der Waals surface area contributed by atoms with Crippen molar-refractivity contribution in [3.8, 4) is 0 Å². The summed E-state index contributed by atoms with van der Waals surface area (Å²) in [6.45, 7) is 4.21. The second-order valence-corrected chi connectivity index (χ2v) is 5.59. The number of aromatic nitrogens is 2. The van der Waals surface area contributed by atoms with Gasteiger partial charge in [-0.15, -0.1) is 0 Å². The summed E-state index contributed by atoms with van der Waals surface area (Å²) < 4.78 is 0. The number of nitrogens with two attached hydrogens (primary N) is 1. The minimum atomic E-state index is 0.303. The third-order valence-corrected chi connectivity index (χ3v) is 3.92. The van der Waals surface area contributed by atoms with Crippen LogP contribution in [-0.4, -0.2) is 16.0 Å². The number of nitrogens with zero attached hydrogens (tertiary/aromatic N) is 2. The molecule has 0 radical (unpaired) electrons. The molecule has 0 saturated heterocycles. The zero-order chi connectivity index (χ0) is 16.2. The van der Waals surface area contributed by atoms with Crippen molar-refractivity contribution in [2.75, 3.05) is 16.4 Å². The van der Waals surface area contributed by atoms with Crippen molar-refractivity contribution in [1.82, 2.24) is 9.97 Å². The number of hydrogen-bond donors (Lipinski definition) is 3. The van der Waals surface area contributed by atoms with Gasteiger partial charge in [-0.2, -0.15) is 0 Å². The summed E-state index contributed by atoms with van der Waals surface area (Å²) in [6, 6.07) is 14.6. The Balaban J connectivity index is 1.95. The molecule has 0 spiro atoms. The third kappa shape index (κ3) is 3.18. The van der Waals surface area contributed by atoms with Crippen molar-refractivity contribution in [2.45, 2.75) is 26.3 Å². The lowest BCUT2D eigenvalue weighted by Crippen LogP contribution is -2.16. The second kappa shape index (κ2) is 6.52. The second-order valence-electron chi connectivity index (χ2n) is 5.59. The van der Waals surface area contributed by atoms with Crippen LogP contribution in [-0.2, 0) is 0 Å². The highest BCUT2D eigenvalue weighted by Gasteiger charge is 2.11. The van der Waals surface area contributed by atoms with Gasteiger partial charge in [0.05, 0.1) is 0 Å². The highest BCUT2D eigenvalue weighted by atomic mass is 15.1. The van der Waals surface area contributed by atoms with Crippen molar-refractivity contribution < 1.29 is 0 Å². The van der Waals surface area contributed by atoms with Gasteiger partial charge < -0.3 is 16.4 Å². The van der Waals surface area contributed by atoms with Gasteiger partial charge in [0.15, 0.2) is 11.6 Å². The minimum Gasteiger partial charge on any atom is -0.393 e. The van der Waals surface area contributed by atoms with Crippen LogP contribution in [0.1, 0.15) is 20.3 Å². The van der Waals surface area contributed by atoms with E-state index < -0.39 is 0 Å². The van der Waals surface area contributed by atoms with Crippen molar-refractivity contribution in [1.29, 1.82) is 0 Å². The Morgan fingerprint density at radius 1 is 1.04 bits per heavy atom. The first kappa shape index (κ1) is 15.1. The van der Waals surface area contributed by atoms with Crippen molar-refractivity contribution >= 4 is 33.8 Å². The zero-order valence-electron chi connectivity index (χ0n) is 13.4. The van der Waals surface area contributed by atoms with Gasteiger partial charge in [-0.05, 0) is 24.8 Å². The van der Waals surface area contributed by atoms with E-state index in [0.717, 1.165) is 17.5 Å². The molecule has 0 amide bonds. The number of nitrogens with one attached hydrogen (secondary N) is 2. The van der Waals surface area contributed by atoms with Crippen LogP contribution in [0.25, 0.3) is 10.8 Å². The maximum absolute atomic E-state index is 6.23. The SMILES string of the molecule is CCC(C)Nc1ncnc(Nc2cccc3ccccc23)c1N. The summed E-state index contributed by atoms with van der Waals surface area (Å²) in [7, 11) is 0. The van der Waals surface area contributed by atoms with Crippen LogP contribution in [0.2, 0.25) is 0 Å². The predicted molar refractivity (Wildman–Crippen MR) is 97.1 cm³/mol. The Hall–Kier alpha value is -2.82. The van der Waals surface area contributed by atoms with Crippen molar-refractivity contribution in [3.05, 3.63) is 48.8 Å². The molecular formula is C18H21N5. The Morgan fingerprint density at radius 2 is 1.78 bits per heavy atom. The number of anilines is 4.